The lowest BCUT2D eigenvalue weighted by Gasteiger charge is -2.06. The van der Waals surface area contributed by atoms with Crippen LogP contribution >= 0.6 is 0 Å². The third-order valence-electron chi connectivity index (χ3n) is 3.53. The number of carbonyl (C=O) groups excluding carboxylic acids is 1. The van der Waals surface area contributed by atoms with E-state index < -0.39 is 0 Å². The molecular weight excluding hydrogens is 220 g/mol. The fourth-order valence-corrected chi connectivity index (χ4v) is 1.62. The van der Waals surface area contributed by atoms with Crippen LogP contribution in [0.2, 0.25) is 0 Å². The van der Waals surface area contributed by atoms with E-state index in [2.05, 4.69) is 33.8 Å². The molecule has 0 aromatic heterocycles. The Labute approximate surface area is 113 Å². The third kappa shape index (κ3) is 6.58. The summed E-state index contributed by atoms with van der Waals surface area (Å²) in [4.78, 5) is 11.4. The standard InChI is InChI=1S/C17H28O/c1-7-14(4)15(5)11-9-13(3)10-12-16(6)17(18)8-2/h10,12H,7-9,11H2,1-6H3/b13-10+,15-14?,16-12+. The van der Waals surface area contributed by atoms with Crippen molar-refractivity contribution in [1.29, 1.82) is 0 Å². The highest BCUT2D eigenvalue weighted by molar-refractivity contribution is 5.94. The van der Waals surface area contributed by atoms with Crippen molar-refractivity contribution >= 4 is 5.78 Å². The molecule has 1 heteroatoms. The second-order valence-electron chi connectivity index (χ2n) is 5.05. The minimum absolute atomic E-state index is 0.233. The van der Waals surface area contributed by atoms with Crippen LogP contribution in [0.15, 0.2) is 34.4 Å². The Kier molecular flexibility index (Phi) is 8.36. The topological polar surface area (TPSA) is 17.1 Å². The van der Waals surface area contributed by atoms with Gasteiger partial charge in [0.05, 0.1) is 0 Å². The number of allylic oxidation sites excluding steroid dienone is 6. The third-order valence-corrected chi connectivity index (χ3v) is 3.53. The van der Waals surface area contributed by atoms with Crippen LogP contribution in [0.25, 0.3) is 0 Å². The van der Waals surface area contributed by atoms with Gasteiger partial charge in [-0.05, 0) is 52.5 Å². The largest absolute Gasteiger partial charge is 0.295 e. The predicted molar refractivity (Wildman–Crippen MR) is 80.7 cm³/mol. The monoisotopic (exact) mass is 248 g/mol. The van der Waals surface area contributed by atoms with Crippen molar-refractivity contribution in [2.75, 3.05) is 0 Å². The van der Waals surface area contributed by atoms with Crippen LogP contribution in [0.5, 0.6) is 0 Å². The van der Waals surface area contributed by atoms with Gasteiger partial charge in [0.1, 0.15) is 0 Å². The van der Waals surface area contributed by atoms with E-state index in [4.69, 9.17) is 0 Å². The average molecular weight is 248 g/mol. The van der Waals surface area contributed by atoms with E-state index in [1.807, 2.05) is 19.9 Å². The van der Waals surface area contributed by atoms with E-state index in [0.717, 1.165) is 24.8 Å². The molecule has 0 N–H and O–H groups in total. The van der Waals surface area contributed by atoms with Crippen molar-refractivity contribution < 1.29 is 4.79 Å². The fraction of sp³-hybridized carbons (Fsp3) is 0.588. The molecule has 0 rings (SSSR count). The number of carbonyl (C=O) groups is 1. The van der Waals surface area contributed by atoms with Crippen molar-refractivity contribution in [1.82, 2.24) is 0 Å². The molecule has 0 spiro atoms. The van der Waals surface area contributed by atoms with Crippen LogP contribution in [-0.4, -0.2) is 5.78 Å². The van der Waals surface area contributed by atoms with Crippen molar-refractivity contribution in [2.24, 2.45) is 0 Å². The first-order chi connectivity index (χ1) is 8.42. The molecule has 0 aromatic rings. The van der Waals surface area contributed by atoms with Gasteiger partial charge in [-0.25, -0.2) is 0 Å². The van der Waals surface area contributed by atoms with Crippen molar-refractivity contribution in [2.45, 2.75) is 67.2 Å². The molecule has 0 aromatic carbocycles. The van der Waals surface area contributed by atoms with Gasteiger partial charge in [-0.1, -0.05) is 42.7 Å². The molecule has 0 saturated heterocycles. The van der Waals surface area contributed by atoms with Crippen LogP contribution in [0.1, 0.15) is 67.2 Å². The lowest BCUT2D eigenvalue weighted by molar-refractivity contribution is -0.115. The second kappa shape index (κ2) is 8.91. The number of rotatable bonds is 7. The molecule has 0 amide bonds. The molecule has 1 nitrogen and oxygen atoms in total. The summed E-state index contributed by atoms with van der Waals surface area (Å²) in [6.07, 6.45) is 7.96. The summed E-state index contributed by atoms with van der Waals surface area (Å²) in [5.41, 5.74) is 5.18. The summed E-state index contributed by atoms with van der Waals surface area (Å²) in [6, 6.07) is 0. The van der Waals surface area contributed by atoms with Crippen molar-refractivity contribution in [3.8, 4) is 0 Å². The average Bonchev–Trinajstić information content (AvgIpc) is 2.39. The van der Waals surface area contributed by atoms with Crippen LogP contribution in [-0.2, 0) is 4.79 Å². The normalized spacial score (nSPS) is 14.6. The molecular formula is C17H28O. The SMILES string of the molecule is CCC(=O)/C(C)=C/C=C(\C)CCC(C)=C(C)CC. The summed E-state index contributed by atoms with van der Waals surface area (Å²) in [5.74, 6) is 0.233. The summed E-state index contributed by atoms with van der Waals surface area (Å²) in [6.45, 7) is 12.5. The summed E-state index contributed by atoms with van der Waals surface area (Å²) < 4.78 is 0. The van der Waals surface area contributed by atoms with Crippen LogP contribution in [0, 0.1) is 0 Å². The first kappa shape index (κ1) is 16.9. The van der Waals surface area contributed by atoms with Crippen molar-refractivity contribution in [3.63, 3.8) is 0 Å². The Balaban J connectivity index is 4.43. The zero-order chi connectivity index (χ0) is 14.1. The molecule has 102 valence electrons. The zero-order valence-electron chi connectivity index (χ0n) is 12.9. The molecule has 0 aliphatic carbocycles. The van der Waals surface area contributed by atoms with E-state index >= 15 is 0 Å². The molecule has 0 heterocycles. The van der Waals surface area contributed by atoms with Gasteiger partial charge in [0.25, 0.3) is 0 Å². The molecule has 0 bridgehead atoms. The maximum atomic E-state index is 11.4. The molecule has 0 aliphatic heterocycles. The summed E-state index contributed by atoms with van der Waals surface area (Å²) in [7, 11) is 0. The van der Waals surface area contributed by atoms with Gasteiger partial charge in [0, 0.05) is 6.42 Å². The van der Waals surface area contributed by atoms with Gasteiger partial charge in [0.15, 0.2) is 5.78 Å². The van der Waals surface area contributed by atoms with Gasteiger partial charge >= 0.3 is 0 Å². The smallest absolute Gasteiger partial charge is 0.158 e. The molecule has 18 heavy (non-hydrogen) atoms. The maximum Gasteiger partial charge on any atom is 0.158 e. The Morgan fingerprint density at radius 3 is 1.94 bits per heavy atom. The van der Waals surface area contributed by atoms with Crippen LogP contribution < -0.4 is 0 Å². The summed E-state index contributed by atoms with van der Waals surface area (Å²) in [5, 5.41) is 0. The Morgan fingerprint density at radius 2 is 1.44 bits per heavy atom. The highest BCUT2D eigenvalue weighted by Crippen LogP contribution is 2.16. The number of ketones is 1. The van der Waals surface area contributed by atoms with Gasteiger partial charge < -0.3 is 0 Å². The van der Waals surface area contributed by atoms with Gasteiger partial charge in [0.2, 0.25) is 0 Å². The summed E-state index contributed by atoms with van der Waals surface area (Å²) >= 11 is 0. The molecule has 0 saturated carbocycles. The number of hydrogen-bond donors (Lipinski definition) is 0. The Morgan fingerprint density at radius 1 is 0.833 bits per heavy atom. The molecule has 0 atom stereocenters. The van der Waals surface area contributed by atoms with Crippen molar-refractivity contribution in [3.05, 3.63) is 34.4 Å². The van der Waals surface area contributed by atoms with Gasteiger partial charge in [-0.3, -0.25) is 4.79 Å². The van der Waals surface area contributed by atoms with E-state index in [0.29, 0.717) is 6.42 Å². The van der Waals surface area contributed by atoms with E-state index in [1.165, 1.54) is 16.7 Å². The predicted octanol–water partition coefficient (Wildman–Crippen LogP) is 5.38. The quantitative estimate of drug-likeness (QED) is 0.335. The first-order valence-electron chi connectivity index (χ1n) is 6.94. The van der Waals surface area contributed by atoms with Crippen LogP contribution in [0.3, 0.4) is 0 Å². The highest BCUT2D eigenvalue weighted by Gasteiger charge is 1.99. The molecule has 0 aliphatic rings. The molecule has 0 unspecified atom stereocenters. The Hall–Kier alpha value is -1.11. The first-order valence-corrected chi connectivity index (χ1v) is 6.94. The zero-order valence-corrected chi connectivity index (χ0v) is 12.9. The van der Waals surface area contributed by atoms with E-state index in [-0.39, 0.29) is 5.78 Å². The fourth-order valence-electron chi connectivity index (χ4n) is 1.62. The lowest BCUT2D eigenvalue weighted by atomic mass is 10.0. The minimum Gasteiger partial charge on any atom is -0.295 e. The van der Waals surface area contributed by atoms with Gasteiger partial charge in [-0.2, -0.15) is 0 Å². The van der Waals surface area contributed by atoms with Crippen LogP contribution in [0.4, 0.5) is 0 Å². The number of Topliss-reactive ketones (excluding diaryl/α,β-unsaturated/α-hetero) is 1. The van der Waals surface area contributed by atoms with Gasteiger partial charge in [-0.15, -0.1) is 0 Å². The molecule has 0 radical (unpaired) electrons. The van der Waals surface area contributed by atoms with E-state index in [9.17, 15) is 4.79 Å². The minimum atomic E-state index is 0.233. The Bertz CT molecular complexity index is 367. The highest BCUT2D eigenvalue weighted by atomic mass is 16.1. The molecule has 0 fully saturated rings. The maximum absolute atomic E-state index is 11.4. The van der Waals surface area contributed by atoms with E-state index in [1.54, 1.807) is 0 Å². The second-order valence-corrected chi connectivity index (χ2v) is 5.05. The number of hydrogen-bond acceptors (Lipinski definition) is 1. The lowest BCUT2D eigenvalue weighted by Crippen LogP contribution is -1.95.